The summed E-state index contributed by atoms with van der Waals surface area (Å²) < 4.78 is 0. The van der Waals surface area contributed by atoms with Crippen LogP contribution in [0.1, 0.15) is 58.8 Å². The summed E-state index contributed by atoms with van der Waals surface area (Å²) in [5.74, 6) is 1.12. The van der Waals surface area contributed by atoms with Gasteiger partial charge in [0.25, 0.3) is 0 Å². The Balaban J connectivity index is 1.72. The van der Waals surface area contributed by atoms with Crippen LogP contribution >= 0.6 is 0 Å². The third kappa shape index (κ3) is 1.91. The predicted octanol–water partition coefficient (Wildman–Crippen LogP) is 2.11. The van der Waals surface area contributed by atoms with E-state index in [1.807, 2.05) is 0 Å². The lowest BCUT2D eigenvalue weighted by atomic mass is 9.44. The van der Waals surface area contributed by atoms with Crippen LogP contribution in [0.3, 0.4) is 0 Å². The molecule has 8 atom stereocenters. The summed E-state index contributed by atoms with van der Waals surface area (Å²) in [6.07, 6.45) is 3.77. The van der Waals surface area contributed by atoms with Gasteiger partial charge in [0.2, 0.25) is 0 Å². The van der Waals surface area contributed by atoms with Crippen molar-refractivity contribution < 1.29 is 19.8 Å². The number of aliphatic hydroxyl groups is 2. The molecule has 0 aliphatic heterocycles. The number of carbonyl (C=O) groups excluding carboxylic acids is 2. The second-order valence-corrected chi connectivity index (χ2v) is 9.05. The number of fused-ring (bicyclic) bond motifs is 5. The summed E-state index contributed by atoms with van der Waals surface area (Å²) in [5.41, 5.74) is -0.532. The number of aliphatic hydroxyl groups excluding tert-OH is 2. The Bertz CT molecular complexity index is 558. The van der Waals surface area contributed by atoms with Crippen molar-refractivity contribution in [3.05, 3.63) is 0 Å². The van der Waals surface area contributed by atoms with Crippen LogP contribution in [0.25, 0.3) is 0 Å². The van der Waals surface area contributed by atoms with Crippen LogP contribution in [-0.2, 0) is 9.59 Å². The second kappa shape index (κ2) is 4.89. The van der Waals surface area contributed by atoms with Crippen molar-refractivity contribution in [2.24, 2.45) is 34.5 Å². The molecule has 0 aromatic rings. The summed E-state index contributed by atoms with van der Waals surface area (Å²) >= 11 is 0. The summed E-state index contributed by atoms with van der Waals surface area (Å²) in [6, 6.07) is 0. The van der Waals surface area contributed by atoms with E-state index in [2.05, 4.69) is 13.8 Å². The molecule has 4 fully saturated rings. The Morgan fingerprint density at radius 1 is 1.00 bits per heavy atom. The standard InChI is InChI=1S/C19H28O4/c1-18-8-7-13(20)17(23)12(18)4-3-10-11-5-6-15(22)19(11,2)9-14(21)16(10)18/h10-12,14,16-17,21,23H,3-9H2,1-2H3/t10-,11-,12?,14?,16-,17?,18-,19-/m0/s1. The van der Waals surface area contributed by atoms with Gasteiger partial charge in [-0.2, -0.15) is 0 Å². The Hall–Kier alpha value is -0.740. The highest BCUT2D eigenvalue weighted by atomic mass is 16.3. The highest BCUT2D eigenvalue weighted by Crippen LogP contribution is 2.65. The maximum absolute atomic E-state index is 12.4. The van der Waals surface area contributed by atoms with Crippen molar-refractivity contribution in [3.63, 3.8) is 0 Å². The van der Waals surface area contributed by atoms with Gasteiger partial charge in [0, 0.05) is 18.3 Å². The van der Waals surface area contributed by atoms with Gasteiger partial charge in [0.05, 0.1) is 6.10 Å². The average molecular weight is 320 g/mol. The van der Waals surface area contributed by atoms with E-state index in [0.29, 0.717) is 36.9 Å². The van der Waals surface area contributed by atoms with E-state index in [1.54, 1.807) is 0 Å². The largest absolute Gasteiger partial charge is 0.393 e. The second-order valence-electron chi connectivity index (χ2n) is 9.05. The van der Waals surface area contributed by atoms with Crippen molar-refractivity contribution in [3.8, 4) is 0 Å². The van der Waals surface area contributed by atoms with Gasteiger partial charge in [0.15, 0.2) is 5.78 Å². The summed E-state index contributed by atoms with van der Waals surface area (Å²) in [5, 5.41) is 21.4. The molecule has 2 N–H and O–H groups in total. The first-order valence-electron chi connectivity index (χ1n) is 9.21. The lowest BCUT2D eigenvalue weighted by molar-refractivity contribution is -0.187. The zero-order valence-electron chi connectivity index (χ0n) is 14.1. The van der Waals surface area contributed by atoms with Crippen LogP contribution in [-0.4, -0.2) is 34.0 Å². The van der Waals surface area contributed by atoms with Crippen molar-refractivity contribution in [1.29, 1.82) is 0 Å². The number of ketones is 2. The molecule has 4 heteroatoms. The van der Waals surface area contributed by atoms with Gasteiger partial charge in [-0.25, -0.2) is 0 Å². The fourth-order valence-corrected chi connectivity index (χ4v) is 7.04. The first-order chi connectivity index (χ1) is 10.8. The minimum Gasteiger partial charge on any atom is -0.393 e. The highest BCUT2D eigenvalue weighted by molar-refractivity contribution is 5.87. The minimum absolute atomic E-state index is 0.0267. The van der Waals surface area contributed by atoms with Crippen LogP contribution in [0.2, 0.25) is 0 Å². The summed E-state index contributed by atoms with van der Waals surface area (Å²) in [6.45, 7) is 4.23. The first kappa shape index (κ1) is 15.8. The number of rotatable bonds is 0. The Morgan fingerprint density at radius 2 is 1.74 bits per heavy atom. The zero-order valence-corrected chi connectivity index (χ0v) is 14.1. The molecule has 4 nitrogen and oxygen atoms in total. The van der Waals surface area contributed by atoms with E-state index in [1.165, 1.54) is 0 Å². The topological polar surface area (TPSA) is 74.6 Å². The average Bonchev–Trinajstić information content (AvgIpc) is 2.78. The molecule has 0 heterocycles. The van der Waals surface area contributed by atoms with E-state index in [9.17, 15) is 19.8 Å². The Morgan fingerprint density at radius 3 is 2.48 bits per heavy atom. The molecule has 4 rings (SSSR count). The molecule has 3 unspecified atom stereocenters. The molecule has 0 saturated heterocycles. The molecule has 4 aliphatic carbocycles. The molecule has 4 saturated carbocycles. The van der Waals surface area contributed by atoms with Crippen LogP contribution < -0.4 is 0 Å². The molecular formula is C19H28O4. The van der Waals surface area contributed by atoms with Gasteiger partial charge in [-0.05, 0) is 61.2 Å². The van der Waals surface area contributed by atoms with Crippen molar-refractivity contribution in [2.45, 2.75) is 71.0 Å². The molecule has 128 valence electrons. The van der Waals surface area contributed by atoms with E-state index in [0.717, 1.165) is 25.7 Å². The smallest absolute Gasteiger partial charge is 0.161 e. The van der Waals surface area contributed by atoms with Gasteiger partial charge in [-0.3, -0.25) is 9.59 Å². The number of hydrogen-bond acceptors (Lipinski definition) is 4. The fraction of sp³-hybridized carbons (Fsp3) is 0.895. The van der Waals surface area contributed by atoms with Gasteiger partial charge in [-0.1, -0.05) is 13.8 Å². The van der Waals surface area contributed by atoms with Crippen LogP contribution in [0.5, 0.6) is 0 Å². The lowest BCUT2D eigenvalue weighted by Gasteiger charge is -2.61. The van der Waals surface area contributed by atoms with Gasteiger partial charge < -0.3 is 10.2 Å². The number of Topliss-reactive ketones (excluding diaryl/α,β-unsaturated/α-hetero) is 2. The van der Waals surface area contributed by atoms with E-state index in [-0.39, 0.29) is 28.4 Å². The van der Waals surface area contributed by atoms with Gasteiger partial charge >= 0.3 is 0 Å². The van der Waals surface area contributed by atoms with Gasteiger partial charge in [-0.15, -0.1) is 0 Å². The molecule has 4 aliphatic rings. The number of hydrogen-bond donors (Lipinski definition) is 2. The van der Waals surface area contributed by atoms with E-state index >= 15 is 0 Å². The SMILES string of the molecule is C[C@]12CCC(=O)C(O)C1CC[C@@H]1[C@H]2C(O)C[C@]2(C)C(=O)CC[C@@H]12. The lowest BCUT2D eigenvalue weighted by Crippen LogP contribution is -2.61. The Kier molecular flexibility index (Phi) is 3.35. The molecule has 0 aromatic carbocycles. The first-order valence-corrected chi connectivity index (χ1v) is 9.21. The molecule has 23 heavy (non-hydrogen) atoms. The maximum Gasteiger partial charge on any atom is 0.161 e. The van der Waals surface area contributed by atoms with Crippen molar-refractivity contribution >= 4 is 11.6 Å². The van der Waals surface area contributed by atoms with Crippen molar-refractivity contribution in [1.82, 2.24) is 0 Å². The molecular weight excluding hydrogens is 292 g/mol. The monoisotopic (exact) mass is 320 g/mol. The van der Waals surface area contributed by atoms with Crippen LogP contribution in [0.15, 0.2) is 0 Å². The third-order valence-corrected chi connectivity index (χ3v) is 8.20. The van der Waals surface area contributed by atoms with Crippen molar-refractivity contribution in [2.75, 3.05) is 0 Å². The number of carbonyl (C=O) groups is 2. The minimum atomic E-state index is -0.861. The third-order valence-electron chi connectivity index (χ3n) is 8.20. The predicted molar refractivity (Wildman–Crippen MR) is 84.5 cm³/mol. The van der Waals surface area contributed by atoms with Crippen LogP contribution in [0.4, 0.5) is 0 Å². The maximum atomic E-state index is 12.4. The quantitative estimate of drug-likeness (QED) is 0.717. The summed E-state index contributed by atoms with van der Waals surface area (Å²) in [4.78, 5) is 24.4. The van der Waals surface area contributed by atoms with Crippen LogP contribution in [0, 0.1) is 34.5 Å². The Labute approximate surface area is 137 Å². The molecule has 0 bridgehead atoms. The molecule has 0 spiro atoms. The molecule has 0 aromatic heterocycles. The molecule has 0 radical (unpaired) electrons. The fourth-order valence-electron chi connectivity index (χ4n) is 7.04. The van der Waals surface area contributed by atoms with E-state index in [4.69, 9.17) is 0 Å². The zero-order chi connectivity index (χ0) is 16.6. The van der Waals surface area contributed by atoms with Gasteiger partial charge in [0.1, 0.15) is 11.9 Å². The summed E-state index contributed by atoms with van der Waals surface area (Å²) in [7, 11) is 0. The highest BCUT2D eigenvalue weighted by Gasteiger charge is 2.64. The molecule has 0 amide bonds. The normalized spacial score (nSPS) is 56.0. The van der Waals surface area contributed by atoms with E-state index < -0.39 is 12.2 Å².